The number of hydrogen-bond donors (Lipinski definition) is 2. The summed E-state index contributed by atoms with van der Waals surface area (Å²) in [6.07, 6.45) is 1.20. The zero-order chi connectivity index (χ0) is 20.6. The van der Waals surface area contributed by atoms with Crippen molar-refractivity contribution in [3.8, 4) is 5.75 Å². The van der Waals surface area contributed by atoms with Gasteiger partial charge < -0.3 is 10.1 Å². The van der Waals surface area contributed by atoms with Crippen molar-refractivity contribution in [2.45, 2.75) is 33.1 Å². The molecule has 0 aliphatic carbocycles. The number of halogens is 1. The fourth-order valence-electron chi connectivity index (χ4n) is 2.56. The molecule has 0 aliphatic heterocycles. The molecule has 2 aromatic carbocycles. The number of sulfonamides is 1. The van der Waals surface area contributed by atoms with Crippen molar-refractivity contribution in [3.63, 3.8) is 0 Å². The van der Waals surface area contributed by atoms with Gasteiger partial charge >= 0.3 is 0 Å². The van der Waals surface area contributed by atoms with Crippen molar-refractivity contribution in [2.75, 3.05) is 22.4 Å². The first-order valence-corrected chi connectivity index (χ1v) is 10.7. The van der Waals surface area contributed by atoms with E-state index in [4.69, 9.17) is 4.74 Å². The van der Waals surface area contributed by atoms with Crippen LogP contribution in [0.25, 0.3) is 0 Å². The summed E-state index contributed by atoms with van der Waals surface area (Å²) >= 11 is 0. The Morgan fingerprint density at radius 1 is 1.14 bits per heavy atom. The number of anilines is 2. The number of rotatable bonds is 10. The maximum atomic E-state index is 13.1. The van der Waals surface area contributed by atoms with E-state index in [9.17, 15) is 17.6 Å². The number of amides is 1. The molecule has 152 valence electrons. The lowest BCUT2D eigenvalue weighted by molar-refractivity contribution is -0.116. The summed E-state index contributed by atoms with van der Waals surface area (Å²) in [5, 5.41) is 2.79. The lowest BCUT2D eigenvalue weighted by atomic mass is 10.1. The van der Waals surface area contributed by atoms with Crippen LogP contribution in [0.4, 0.5) is 15.8 Å². The van der Waals surface area contributed by atoms with Crippen LogP contribution in [0.1, 0.15) is 31.7 Å². The molecule has 0 spiro atoms. The third-order valence-electron chi connectivity index (χ3n) is 3.96. The van der Waals surface area contributed by atoms with E-state index in [0.29, 0.717) is 35.5 Å². The molecule has 0 atom stereocenters. The SMILES string of the molecule is CCCS(=O)(=O)Nc1cccc(NC(=O)CCCOc2cccc(F)c2)c1C. The second-order valence-corrected chi connectivity index (χ2v) is 8.20. The van der Waals surface area contributed by atoms with Crippen LogP contribution in [0.2, 0.25) is 0 Å². The standard InChI is InChI=1S/C20H25FN2O4S/c1-3-13-28(25,26)23-19-10-5-9-18(15(19)2)22-20(24)11-6-12-27-17-8-4-7-16(21)14-17/h4-5,7-10,14,23H,3,6,11-13H2,1-2H3,(H,22,24). The molecular formula is C20H25FN2O4S. The maximum Gasteiger partial charge on any atom is 0.232 e. The van der Waals surface area contributed by atoms with Gasteiger partial charge in [0.05, 0.1) is 18.0 Å². The Bertz CT molecular complexity index is 916. The highest BCUT2D eigenvalue weighted by atomic mass is 32.2. The van der Waals surface area contributed by atoms with Gasteiger partial charge in [0.15, 0.2) is 0 Å². The van der Waals surface area contributed by atoms with E-state index in [1.165, 1.54) is 12.1 Å². The van der Waals surface area contributed by atoms with E-state index in [1.807, 2.05) is 0 Å². The van der Waals surface area contributed by atoms with Gasteiger partial charge in [-0.2, -0.15) is 0 Å². The molecule has 8 heteroatoms. The number of benzene rings is 2. The van der Waals surface area contributed by atoms with Gasteiger partial charge in [0.1, 0.15) is 11.6 Å². The van der Waals surface area contributed by atoms with Crippen LogP contribution in [0.15, 0.2) is 42.5 Å². The lowest BCUT2D eigenvalue weighted by Crippen LogP contribution is -2.18. The Balaban J connectivity index is 1.87. The van der Waals surface area contributed by atoms with E-state index in [2.05, 4.69) is 10.0 Å². The van der Waals surface area contributed by atoms with Gasteiger partial charge in [-0.1, -0.05) is 19.1 Å². The van der Waals surface area contributed by atoms with Crippen LogP contribution in [-0.2, 0) is 14.8 Å². The van der Waals surface area contributed by atoms with Crippen molar-refractivity contribution >= 4 is 27.3 Å². The molecule has 0 unspecified atom stereocenters. The summed E-state index contributed by atoms with van der Waals surface area (Å²) in [7, 11) is -3.41. The van der Waals surface area contributed by atoms with E-state index in [-0.39, 0.29) is 30.5 Å². The predicted molar refractivity (Wildman–Crippen MR) is 109 cm³/mol. The summed E-state index contributed by atoms with van der Waals surface area (Å²) in [4.78, 5) is 12.2. The molecule has 0 saturated carbocycles. The van der Waals surface area contributed by atoms with E-state index in [1.54, 1.807) is 44.2 Å². The van der Waals surface area contributed by atoms with E-state index < -0.39 is 10.0 Å². The van der Waals surface area contributed by atoms with Gasteiger partial charge in [0.2, 0.25) is 15.9 Å². The lowest BCUT2D eigenvalue weighted by Gasteiger charge is -2.14. The average Bonchev–Trinajstić information content (AvgIpc) is 2.62. The second kappa shape index (κ2) is 10.1. The summed E-state index contributed by atoms with van der Waals surface area (Å²) in [5.41, 5.74) is 1.64. The molecule has 0 bridgehead atoms. The van der Waals surface area contributed by atoms with Crippen molar-refractivity contribution < 1.29 is 22.3 Å². The highest BCUT2D eigenvalue weighted by molar-refractivity contribution is 7.92. The number of hydrogen-bond acceptors (Lipinski definition) is 4. The Morgan fingerprint density at radius 3 is 2.57 bits per heavy atom. The number of ether oxygens (including phenoxy) is 1. The first-order chi connectivity index (χ1) is 13.3. The Hall–Kier alpha value is -2.61. The third kappa shape index (κ3) is 6.84. The van der Waals surface area contributed by atoms with Gasteiger partial charge in [0, 0.05) is 18.2 Å². The van der Waals surface area contributed by atoms with Crippen LogP contribution in [0.3, 0.4) is 0 Å². The normalized spacial score (nSPS) is 11.1. The molecule has 0 fully saturated rings. The van der Waals surface area contributed by atoms with Gasteiger partial charge in [-0.05, 0) is 49.6 Å². The van der Waals surface area contributed by atoms with Crippen molar-refractivity contribution in [1.29, 1.82) is 0 Å². The van der Waals surface area contributed by atoms with Gasteiger partial charge in [-0.25, -0.2) is 12.8 Å². The molecule has 0 radical (unpaired) electrons. The summed E-state index contributed by atoms with van der Waals surface area (Å²) in [6, 6.07) is 10.9. The molecule has 1 amide bonds. The van der Waals surface area contributed by atoms with Crippen LogP contribution in [0, 0.1) is 12.7 Å². The van der Waals surface area contributed by atoms with Crippen molar-refractivity contribution in [1.82, 2.24) is 0 Å². The molecule has 2 aromatic rings. The monoisotopic (exact) mass is 408 g/mol. The summed E-state index contributed by atoms with van der Waals surface area (Å²) in [6.45, 7) is 3.82. The number of carbonyl (C=O) groups excluding carboxylic acids is 1. The number of carbonyl (C=O) groups is 1. The first-order valence-electron chi connectivity index (χ1n) is 9.09. The Kier molecular flexibility index (Phi) is 7.80. The molecule has 0 heterocycles. The van der Waals surface area contributed by atoms with Gasteiger partial charge in [-0.3, -0.25) is 9.52 Å². The average molecular weight is 408 g/mol. The highest BCUT2D eigenvalue weighted by Crippen LogP contribution is 2.24. The Morgan fingerprint density at radius 2 is 1.86 bits per heavy atom. The fourth-order valence-corrected chi connectivity index (χ4v) is 3.76. The molecule has 0 saturated heterocycles. The molecule has 0 aliphatic rings. The Labute approximate surface area is 165 Å². The second-order valence-electron chi connectivity index (χ2n) is 6.36. The smallest absolute Gasteiger partial charge is 0.232 e. The zero-order valence-electron chi connectivity index (χ0n) is 16.0. The quantitative estimate of drug-likeness (QED) is 0.580. The van der Waals surface area contributed by atoms with Crippen LogP contribution in [0.5, 0.6) is 5.75 Å². The minimum absolute atomic E-state index is 0.0361. The minimum atomic E-state index is -3.41. The molecule has 6 nitrogen and oxygen atoms in total. The molecule has 2 rings (SSSR count). The first kappa shape index (κ1) is 21.7. The fraction of sp³-hybridized carbons (Fsp3) is 0.350. The topological polar surface area (TPSA) is 84.5 Å². The largest absolute Gasteiger partial charge is 0.493 e. The van der Waals surface area contributed by atoms with Crippen molar-refractivity contribution in [3.05, 3.63) is 53.8 Å². The predicted octanol–water partition coefficient (Wildman–Crippen LogP) is 4.08. The van der Waals surface area contributed by atoms with E-state index >= 15 is 0 Å². The molecule has 28 heavy (non-hydrogen) atoms. The maximum absolute atomic E-state index is 13.1. The van der Waals surface area contributed by atoms with Crippen LogP contribution in [-0.4, -0.2) is 26.7 Å². The minimum Gasteiger partial charge on any atom is -0.493 e. The third-order valence-corrected chi connectivity index (χ3v) is 5.44. The van der Waals surface area contributed by atoms with Gasteiger partial charge in [-0.15, -0.1) is 0 Å². The van der Waals surface area contributed by atoms with Crippen LogP contribution >= 0.6 is 0 Å². The van der Waals surface area contributed by atoms with Crippen molar-refractivity contribution in [2.24, 2.45) is 0 Å². The summed E-state index contributed by atoms with van der Waals surface area (Å²) in [5.74, 6) is -0.128. The van der Waals surface area contributed by atoms with Gasteiger partial charge in [0.25, 0.3) is 0 Å². The number of nitrogens with one attached hydrogen (secondary N) is 2. The molecule has 0 aromatic heterocycles. The molecule has 2 N–H and O–H groups in total. The van der Waals surface area contributed by atoms with E-state index in [0.717, 1.165) is 0 Å². The van der Waals surface area contributed by atoms with Crippen LogP contribution < -0.4 is 14.8 Å². The summed E-state index contributed by atoms with van der Waals surface area (Å²) < 4.78 is 45.0. The highest BCUT2D eigenvalue weighted by Gasteiger charge is 2.13. The zero-order valence-corrected chi connectivity index (χ0v) is 16.8. The molecular weight excluding hydrogens is 383 g/mol.